The van der Waals surface area contributed by atoms with Gasteiger partial charge in [0.15, 0.2) is 5.82 Å². The van der Waals surface area contributed by atoms with Gasteiger partial charge in [0, 0.05) is 45.9 Å². The molecule has 5 heterocycles. The van der Waals surface area contributed by atoms with Crippen molar-refractivity contribution in [2.24, 2.45) is 5.92 Å². The lowest BCUT2D eigenvalue weighted by Gasteiger charge is -2.24. The first kappa shape index (κ1) is 22.1. The first-order valence-electron chi connectivity index (χ1n) is 13.0. The van der Waals surface area contributed by atoms with E-state index < -0.39 is 0 Å². The fourth-order valence-corrected chi connectivity index (χ4v) is 6.54. The number of piperidine rings is 1. The van der Waals surface area contributed by atoms with Gasteiger partial charge in [0.25, 0.3) is 0 Å². The largest absolute Gasteiger partial charge is 0.381 e. The summed E-state index contributed by atoms with van der Waals surface area (Å²) in [5, 5.41) is 9.35. The molecule has 8 heteroatoms. The lowest BCUT2D eigenvalue weighted by Crippen LogP contribution is -2.30. The summed E-state index contributed by atoms with van der Waals surface area (Å²) in [7, 11) is 0. The van der Waals surface area contributed by atoms with Crippen molar-refractivity contribution in [2.45, 2.75) is 51.0 Å². The van der Waals surface area contributed by atoms with Gasteiger partial charge in [-0.2, -0.15) is 5.10 Å². The van der Waals surface area contributed by atoms with Crippen LogP contribution in [0.25, 0.3) is 33.5 Å². The lowest BCUT2D eigenvalue weighted by molar-refractivity contribution is 0.0794. The second-order valence-electron chi connectivity index (χ2n) is 10.7. The zero-order valence-corrected chi connectivity index (χ0v) is 20.8. The summed E-state index contributed by atoms with van der Waals surface area (Å²) in [6, 6.07) is 7.62. The fraction of sp³-hybridized carbons (Fsp3) is 0.464. The number of ether oxygens (including phenoxy) is 1. The van der Waals surface area contributed by atoms with Crippen LogP contribution in [-0.4, -0.2) is 51.0 Å². The molecule has 7 nitrogen and oxygen atoms in total. The van der Waals surface area contributed by atoms with Crippen LogP contribution >= 0.6 is 0 Å². The molecule has 3 aromatic heterocycles. The Labute approximate surface area is 209 Å². The summed E-state index contributed by atoms with van der Waals surface area (Å²) in [5.41, 5.74) is 6.61. The van der Waals surface area contributed by atoms with E-state index in [0.717, 1.165) is 96.8 Å². The van der Waals surface area contributed by atoms with Crippen LogP contribution in [0.1, 0.15) is 48.8 Å². The third kappa shape index (κ3) is 3.42. The Balaban J connectivity index is 1.42. The van der Waals surface area contributed by atoms with Crippen molar-refractivity contribution in [1.29, 1.82) is 0 Å². The minimum absolute atomic E-state index is 0.0299. The van der Waals surface area contributed by atoms with Gasteiger partial charge in [-0.1, -0.05) is 0 Å². The monoisotopic (exact) mass is 486 g/mol. The lowest BCUT2D eigenvalue weighted by atomic mass is 9.92. The highest BCUT2D eigenvalue weighted by atomic mass is 19.1. The Hall–Kier alpha value is -3.10. The predicted octanol–water partition coefficient (Wildman–Crippen LogP) is 4.85. The molecule has 1 aliphatic carbocycles. The van der Waals surface area contributed by atoms with Crippen molar-refractivity contribution >= 4 is 10.9 Å². The van der Waals surface area contributed by atoms with Gasteiger partial charge in [0.05, 0.1) is 29.7 Å². The Morgan fingerprint density at radius 2 is 2.00 bits per heavy atom. The third-order valence-corrected chi connectivity index (χ3v) is 8.59. The van der Waals surface area contributed by atoms with Crippen molar-refractivity contribution in [3.05, 3.63) is 53.4 Å². The molecule has 0 bridgehead atoms. The van der Waals surface area contributed by atoms with E-state index in [1.54, 1.807) is 6.07 Å². The molecule has 36 heavy (non-hydrogen) atoms. The summed E-state index contributed by atoms with van der Waals surface area (Å²) < 4.78 is 22.6. The number of aromatic amines is 1. The first-order valence-corrected chi connectivity index (χ1v) is 13.0. The Kier molecular flexibility index (Phi) is 5.05. The maximum atomic E-state index is 14.6. The quantitative estimate of drug-likeness (QED) is 0.431. The SMILES string of the molecule is Cc1nn(C2CCNCC2)c(C)c1-c1cc([C@]23CCOC[C@H]2C3)nc(-c2cc(F)cc3[nH]ccc23)n1. The molecule has 1 aromatic carbocycles. The summed E-state index contributed by atoms with van der Waals surface area (Å²) >= 11 is 0. The standard InChI is InChI=1S/C28H31FN6O/c1-16-26(17(2)35(34-16)20-3-7-30-8-4-20)24-13-25(28-6-10-36-15-18(28)14-28)33-27(32-24)22-11-19(29)12-23-21(22)5-9-31-23/h5,9,11-13,18,20,30-31H,3-4,6-8,10,14-15H2,1-2H3/t18-,28+/m1/s1. The number of hydrogen-bond donors (Lipinski definition) is 2. The van der Waals surface area contributed by atoms with Crippen molar-refractivity contribution in [2.75, 3.05) is 26.3 Å². The van der Waals surface area contributed by atoms with Gasteiger partial charge in [-0.05, 0) is 82.8 Å². The summed E-state index contributed by atoms with van der Waals surface area (Å²) in [4.78, 5) is 13.3. The van der Waals surface area contributed by atoms with Gasteiger partial charge < -0.3 is 15.0 Å². The Morgan fingerprint density at radius 1 is 1.14 bits per heavy atom. The van der Waals surface area contributed by atoms with E-state index >= 15 is 0 Å². The molecule has 0 unspecified atom stereocenters. The van der Waals surface area contributed by atoms with Crippen molar-refractivity contribution in [1.82, 2.24) is 30.0 Å². The molecule has 4 aromatic rings. The normalized spacial score (nSPS) is 24.2. The van der Waals surface area contributed by atoms with E-state index in [4.69, 9.17) is 19.8 Å². The average molecular weight is 487 g/mol. The van der Waals surface area contributed by atoms with Gasteiger partial charge in [-0.25, -0.2) is 14.4 Å². The van der Waals surface area contributed by atoms with Crippen LogP contribution in [0.2, 0.25) is 0 Å². The molecule has 2 saturated heterocycles. The second kappa shape index (κ2) is 8.21. The zero-order valence-electron chi connectivity index (χ0n) is 20.8. The van der Waals surface area contributed by atoms with E-state index in [-0.39, 0.29) is 11.2 Å². The molecule has 7 rings (SSSR count). The van der Waals surface area contributed by atoms with Gasteiger partial charge in [0.2, 0.25) is 0 Å². The van der Waals surface area contributed by atoms with Crippen LogP contribution in [0, 0.1) is 25.6 Å². The number of aromatic nitrogens is 5. The minimum atomic E-state index is -0.296. The van der Waals surface area contributed by atoms with Crippen molar-refractivity contribution < 1.29 is 9.13 Å². The second-order valence-corrected chi connectivity index (χ2v) is 10.7. The highest BCUT2D eigenvalue weighted by Crippen LogP contribution is 2.58. The highest BCUT2D eigenvalue weighted by Gasteiger charge is 2.58. The molecule has 3 fully saturated rings. The Morgan fingerprint density at radius 3 is 2.83 bits per heavy atom. The zero-order chi connectivity index (χ0) is 24.4. The smallest absolute Gasteiger partial charge is 0.160 e. The molecule has 2 atom stereocenters. The molecule has 2 N–H and O–H groups in total. The van der Waals surface area contributed by atoms with Crippen molar-refractivity contribution in [3.8, 4) is 22.6 Å². The molecule has 0 radical (unpaired) electrons. The van der Waals surface area contributed by atoms with Crippen LogP contribution in [0.15, 0.2) is 30.5 Å². The maximum Gasteiger partial charge on any atom is 0.160 e. The number of benzene rings is 1. The van der Waals surface area contributed by atoms with Crippen molar-refractivity contribution in [3.63, 3.8) is 0 Å². The van der Waals surface area contributed by atoms with Crippen LogP contribution in [-0.2, 0) is 10.2 Å². The number of H-pyrrole nitrogens is 1. The minimum Gasteiger partial charge on any atom is -0.381 e. The molecule has 186 valence electrons. The Bertz CT molecular complexity index is 1470. The summed E-state index contributed by atoms with van der Waals surface area (Å²) in [5.74, 6) is 0.767. The van der Waals surface area contributed by atoms with E-state index in [1.807, 2.05) is 12.3 Å². The summed E-state index contributed by atoms with van der Waals surface area (Å²) in [6.07, 6.45) is 6.02. The number of nitrogens with one attached hydrogen (secondary N) is 2. The number of aryl methyl sites for hydroxylation is 1. The third-order valence-electron chi connectivity index (χ3n) is 8.59. The van der Waals surface area contributed by atoms with Crippen LogP contribution in [0.3, 0.4) is 0 Å². The number of fused-ring (bicyclic) bond motifs is 2. The molecular formula is C28H31FN6O. The van der Waals surface area contributed by atoms with Crippen LogP contribution in [0.4, 0.5) is 4.39 Å². The number of rotatable bonds is 4. The van der Waals surface area contributed by atoms with E-state index in [9.17, 15) is 4.39 Å². The van der Waals surface area contributed by atoms with E-state index in [0.29, 0.717) is 17.8 Å². The molecule has 0 amide bonds. The molecule has 0 spiro atoms. The highest BCUT2D eigenvalue weighted by molar-refractivity contribution is 5.93. The van der Waals surface area contributed by atoms with E-state index in [2.05, 4.69) is 34.9 Å². The van der Waals surface area contributed by atoms with Gasteiger partial charge in [-0.15, -0.1) is 0 Å². The molecule has 2 aliphatic heterocycles. The summed E-state index contributed by atoms with van der Waals surface area (Å²) in [6.45, 7) is 7.77. The first-order chi connectivity index (χ1) is 17.5. The number of halogens is 1. The fourth-order valence-electron chi connectivity index (χ4n) is 6.54. The topological polar surface area (TPSA) is 80.6 Å². The molecular weight excluding hydrogens is 455 g/mol. The molecule has 1 saturated carbocycles. The van der Waals surface area contributed by atoms with E-state index in [1.165, 1.54) is 6.07 Å². The molecule has 3 aliphatic rings. The van der Waals surface area contributed by atoms with Gasteiger partial charge >= 0.3 is 0 Å². The van der Waals surface area contributed by atoms with Crippen LogP contribution in [0.5, 0.6) is 0 Å². The van der Waals surface area contributed by atoms with Gasteiger partial charge in [-0.3, -0.25) is 4.68 Å². The number of nitrogens with zero attached hydrogens (tertiary/aromatic N) is 4. The van der Waals surface area contributed by atoms with Crippen LogP contribution < -0.4 is 5.32 Å². The predicted molar refractivity (Wildman–Crippen MR) is 136 cm³/mol. The average Bonchev–Trinajstić information content (AvgIpc) is 3.34. The number of hydrogen-bond acceptors (Lipinski definition) is 5. The van der Waals surface area contributed by atoms with Gasteiger partial charge in [0.1, 0.15) is 5.82 Å². The maximum absolute atomic E-state index is 14.6.